The van der Waals surface area contributed by atoms with Crippen LogP contribution in [0.15, 0.2) is 24.3 Å². The fourth-order valence-corrected chi connectivity index (χ4v) is 0.899. The molecule has 1 aromatic carbocycles. The van der Waals surface area contributed by atoms with E-state index >= 15 is 0 Å². The van der Waals surface area contributed by atoms with Crippen LogP contribution < -0.4 is 0 Å². The first kappa shape index (κ1) is 7.29. The van der Waals surface area contributed by atoms with Gasteiger partial charge in [-0.25, -0.2) is 0 Å². The van der Waals surface area contributed by atoms with Crippen LogP contribution in [0.2, 0.25) is 0 Å². The Hall–Kier alpha value is -0.820. The summed E-state index contributed by atoms with van der Waals surface area (Å²) in [7, 11) is 0. The highest BCUT2D eigenvalue weighted by Crippen LogP contribution is 2.01. The Labute approximate surface area is 61.3 Å². The minimum Gasteiger partial charge on any atom is -0.393 e. The molecule has 0 bridgehead atoms. The number of hydrogen-bond acceptors (Lipinski definition) is 1. The summed E-state index contributed by atoms with van der Waals surface area (Å²) < 4.78 is 0. The van der Waals surface area contributed by atoms with Gasteiger partial charge in [0.1, 0.15) is 0 Å². The van der Waals surface area contributed by atoms with Crippen LogP contribution in [-0.4, -0.2) is 11.2 Å². The maximum absolute atomic E-state index is 9.00. The summed E-state index contributed by atoms with van der Waals surface area (Å²) in [5.41, 5.74) is 1.16. The highest BCUT2D eigenvalue weighted by molar-refractivity contribution is 5.14. The smallest absolute Gasteiger partial charge is 0.0552 e. The van der Waals surface area contributed by atoms with Crippen LogP contribution in [0.1, 0.15) is 12.5 Å². The SMILES string of the molecule is C[C@@H](O)Cc1cc[c]cc1. The summed E-state index contributed by atoms with van der Waals surface area (Å²) in [6, 6.07) is 10.6. The van der Waals surface area contributed by atoms with Gasteiger partial charge in [0.05, 0.1) is 6.10 Å². The lowest BCUT2D eigenvalue weighted by molar-refractivity contribution is 0.195. The molecule has 0 amide bonds. The number of benzene rings is 1. The zero-order chi connectivity index (χ0) is 7.40. The van der Waals surface area contributed by atoms with Gasteiger partial charge in [0, 0.05) is 0 Å². The molecule has 1 heteroatoms. The minimum atomic E-state index is -0.248. The molecule has 1 atom stereocenters. The van der Waals surface area contributed by atoms with Crippen LogP contribution in [0.4, 0.5) is 0 Å². The van der Waals surface area contributed by atoms with E-state index in [1.165, 1.54) is 0 Å². The fraction of sp³-hybridized carbons (Fsp3) is 0.333. The summed E-state index contributed by atoms with van der Waals surface area (Å²) >= 11 is 0. The third-order valence-corrected chi connectivity index (χ3v) is 1.32. The van der Waals surface area contributed by atoms with Crippen LogP contribution in [0, 0.1) is 6.07 Å². The second-order valence-electron chi connectivity index (χ2n) is 2.46. The van der Waals surface area contributed by atoms with Crippen molar-refractivity contribution in [3.05, 3.63) is 35.9 Å². The average molecular weight is 135 g/mol. The van der Waals surface area contributed by atoms with Gasteiger partial charge in [0.15, 0.2) is 0 Å². The van der Waals surface area contributed by atoms with E-state index < -0.39 is 0 Å². The minimum absolute atomic E-state index is 0.248. The van der Waals surface area contributed by atoms with E-state index in [4.69, 9.17) is 5.11 Å². The molecule has 1 rings (SSSR count). The van der Waals surface area contributed by atoms with Crippen molar-refractivity contribution in [2.75, 3.05) is 0 Å². The summed E-state index contributed by atoms with van der Waals surface area (Å²) in [6.07, 6.45) is 0.483. The standard InChI is InChI=1S/C9H11O/c1-8(10)7-9-5-3-2-4-6-9/h3-6,8,10H,7H2,1H3/t8-/m1/s1. The monoisotopic (exact) mass is 135 g/mol. The van der Waals surface area contributed by atoms with Gasteiger partial charge in [0.25, 0.3) is 0 Å². The first-order chi connectivity index (χ1) is 4.79. The molecule has 0 spiro atoms. The van der Waals surface area contributed by atoms with Gasteiger partial charge in [-0.05, 0) is 25.0 Å². The fourth-order valence-electron chi connectivity index (χ4n) is 0.899. The molecule has 1 nitrogen and oxygen atoms in total. The van der Waals surface area contributed by atoms with Crippen molar-refractivity contribution in [2.45, 2.75) is 19.4 Å². The van der Waals surface area contributed by atoms with Crippen molar-refractivity contribution in [1.29, 1.82) is 0 Å². The molecule has 0 unspecified atom stereocenters. The van der Waals surface area contributed by atoms with Crippen LogP contribution in [0.25, 0.3) is 0 Å². The predicted octanol–water partition coefficient (Wildman–Crippen LogP) is 1.41. The lowest BCUT2D eigenvalue weighted by Crippen LogP contribution is -2.03. The molecule has 0 saturated heterocycles. The third kappa shape index (κ3) is 2.19. The molecule has 0 aromatic heterocycles. The van der Waals surface area contributed by atoms with Crippen molar-refractivity contribution in [1.82, 2.24) is 0 Å². The summed E-state index contributed by atoms with van der Waals surface area (Å²) in [5.74, 6) is 0. The Morgan fingerprint density at radius 3 is 2.60 bits per heavy atom. The van der Waals surface area contributed by atoms with E-state index in [0.29, 0.717) is 0 Å². The average Bonchev–Trinajstić information content (AvgIpc) is 1.88. The molecule has 0 aliphatic heterocycles. The van der Waals surface area contributed by atoms with Gasteiger partial charge in [-0.3, -0.25) is 0 Å². The van der Waals surface area contributed by atoms with Gasteiger partial charge >= 0.3 is 0 Å². The van der Waals surface area contributed by atoms with Gasteiger partial charge in [-0.2, -0.15) is 0 Å². The Bertz CT molecular complexity index is 179. The molecule has 0 aliphatic carbocycles. The molecular formula is C9H11O. The van der Waals surface area contributed by atoms with Crippen LogP contribution in [0.3, 0.4) is 0 Å². The van der Waals surface area contributed by atoms with E-state index in [2.05, 4.69) is 6.07 Å². The van der Waals surface area contributed by atoms with E-state index in [0.717, 1.165) is 12.0 Å². The maximum Gasteiger partial charge on any atom is 0.0552 e. The topological polar surface area (TPSA) is 20.2 Å². The lowest BCUT2D eigenvalue weighted by atomic mass is 10.1. The van der Waals surface area contributed by atoms with Gasteiger partial charge in [-0.15, -0.1) is 0 Å². The van der Waals surface area contributed by atoms with Crippen molar-refractivity contribution in [3.8, 4) is 0 Å². The van der Waals surface area contributed by atoms with Gasteiger partial charge in [0.2, 0.25) is 0 Å². The molecule has 1 aromatic rings. The molecule has 0 aliphatic rings. The lowest BCUT2D eigenvalue weighted by Gasteiger charge is -2.01. The third-order valence-electron chi connectivity index (χ3n) is 1.32. The summed E-state index contributed by atoms with van der Waals surface area (Å²) in [6.45, 7) is 1.79. The largest absolute Gasteiger partial charge is 0.393 e. The maximum atomic E-state index is 9.00. The Balaban J connectivity index is 2.59. The number of rotatable bonds is 2. The van der Waals surface area contributed by atoms with Crippen molar-refractivity contribution in [2.24, 2.45) is 0 Å². The van der Waals surface area contributed by atoms with E-state index in [1.54, 1.807) is 6.92 Å². The zero-order valence-corrected chi connectivity index (χ0v) is 6.04. The van der Waals surface area contributed by atoms with Crippen LogP contribution >= 0.6 is 0 Å². The highest BCUT2D eigenvalue weighted by atomic mass is 16.3. The van der Waals surface area contributed by atoms with Crippen LogP contribution in [-0.2, 0) is 6.42 Å². The Kier molecular flexibility index (Phi) is 2.46. The normalized spacial score (nSPS) is 13.0. The Morgan fingerprint density at radius 1 is 1.50 bits per heavy atom. The number of hydrogen-bond donors (Lipinski definition) is 1. The zero-order valence-electron chi connectivity index (χ0n) is 6.04. The van der Waals surface area contributed by atoms with Gasteiger partial charge < -0.3 is 5.11 Å². The van der Waals surface area contributed by atoms with Crippen LogP contribution in [0.5, 0.6) is 0 Å². The second-order valence-corrected chi connectivity index (χ2v) is 2.46. The first-order valence-corrected chi connectivity index (χ1v) is 3.42. The molecule has 10 heavy (non-hydrogen) atoms. The van der Waals surface area contributed by atoms with E-state index in [1.807, 2.05) is 24.3 Å². The molecule has 0 fully saturated rings. The van der Waals surface area contributed by atoms with E-state index in [9.17, 15) is 0 Å². The van der Waals surface area contributed by atoms with E-state index in [-0.39, 0.29) is 6.10 Å². The van der Waals surface area contributed by atoms with Crippen molar-refractivity contribution >= 4 is 0 Å². The van der Waals surface area contributed by atoms with Crippen molar-refractivity contribution < 1.29 is 5.11 Å². The Morgan fingerprint density at radius 2 is 2.10 bits per heavy atom. The first-order valence-electron chi connectivity index (χ1n) is 3.42. The summed E-state index contributed by atoms with van der Waals surface area (Å²) in [5, 5.41) is 9.00. The van der Waals surface area contributed by atoms with Crippen molar-refractivity contribution in [3.63, 3.8) is 0 Å². The number of aliphatic hydroxyl groups excluding tert-OH is 1. The molecule has 0 saturated carbocycles. The predicted molar refractivity (Wildman–Crippen MR) is 40.7 cm³/mol. The molecule has 53 valence electrons. The molecule has 1 radical (unpaired) electrons. The second kappa shape index (κ2) is 3.37. The quantitative estimate of drug-likeness (QED) is 0.650. The van der Waals surface area contributed by atoms with Gasteiger partial charge in [-0.1, -0.05) is 24.3 Å². The summed E-state index contributed by atoms with van der Waals surface area (Å²) in [4.78, 5) is 0. The molecule has 0 heterocycles. The molecule has 1 N–H and O–H groups in total. The number of aliphatic hydroxyl groups is 1. The highest BCUT2D eigenvalue weighted by Gasteiger charge is 1.95. The molecular weight excluding hydrogens is 124 g/mol.